The van der Waals surface area contributed by atoms with E-state index in [1.165, 1.54) is 43.4 Å². The number of hydrogen-bond donors (Lipinski definition) is 0. The van der Waals surface area contributed by atoms with Gasteiger partial charge in [0, 0.05) is 12.2 Å². The molecule has 2 aliphatic rings. The van der Waals surface area contributed by atoms with Crippen molar-refractivity contribution in [2.75, 3.05) is 0 Å². The van der Waals surface area contributed by atoms with Crippen molar-refractivity contribution in [1.82, 2.24) is 9.78 Å². The first-order chi connectivity index (χ1) is 7.85. The Hall–Kier alpha value is -0.790. The standard InChI is InChI=1S/C14H22N2/c1-3-11-12-6-5-10-9-15-16(4-2)14(10)8-7-13(11)12/h9,11-13H,3-8H2,1-2H3. The molecular formula is C14H22N2. The molecule has 0 amide bonds. The van der Waals surface area contributed by atoms with E-state index in [1.807, 2.05) is 0 Å². The van der Waals surface area contributed by atoms with Gasteiger partial charge in [-0.1, -0.05) is 13.3 Å². The summed E-state index contributed by atoms with van der Waals surface area (Å²) in [5, 5.41) is 4.50. The predicted octanol–water partition coefficient (Wildman–Crippen LogP) is 3.05. The van der Waals surface area contributed by atoms with Crippen LogP contribution in [0.15, 0.2) is 6.20 Å². The first-order valence-corrected chi connectivity index (χ1v) is 6.88. The highest BCUT2D eigenvalue weighted by Gasteiger charge is 2.47. The fourth-order valence-electron chi connectivity index (χ4n) is 3.83. The van der Waals surface area contributed by atoms with Crippen LogP contribution in [0.2, 0.25) is 0 Å². The summed E-state index contributed by atoms with van der Waals surface area (Å²) in [5.74, 6) is 3.13. The lowest BCUT2D eigenvalue weighted by Gasteiger charge is -2.10. The minimum atomic E-state index is 1.03. The van der Waals surface area contributed by atoms with Crippen molar-refractivity contribution in [2.24, 2.45) is 17.8 Å². The van der Waals surface area contributed by atoms with E-state index >= 15 is 0 Å². The van der Waals surface area contributed by atoms with Gasteiger partial charge in [-0.05, 0) is 55.9 Å². The van der Waals surface area contributed by atoms with Crippen molar-refractivity contribution < 1.29 is 0 Å². The number of hydrogen-bond acceptors (Lipinski definition) is 1. The van der Waals surface area contributed by atoms with E-state index in [0.717, 1.165) is 24.3 Å². The van der Waals surface area contributed by atoms with Gasteiger partial charge >= 0.3 is 0 Å². The minimum absolute atomic E-state index is 1.03. The number of nitrogens with zero attached hydrogens (tertiary/aromatic N) is 2. The van der Waals surface area contributed by atoms with E-state index in [2.05, 4.69) is 29.8 Å². The van der Waals surface area contributed by atoms with Crippen molar-refractivity contribution in [1.29, 1.82) is 0 Å². The average Bonchev–Trinajstić information content (AvgIpc) is 2.80. The number of rotatable bonds is 2. The van der Waals surface area contributed by atoms with Crippen molar-refractivity contribution in [3.8, 4) is 0 Å². The zero-order valence-electron chi connectivity index (χ0n) is 10.4. The number of aryl methyl sites for hydroxylation is 2. The maximum Gasteiger partial charge on any atom is 0.0524 e. The summed E-state index contributed by atoms with van der Waals surface area (Å²) in [5.41, 5.74) is 3.06. The van der Waals surface area contributed by atoms with Gasteiger partial charge in [0.05, 0.1) is 6.20 Å². The normalized spacial score (nSPS) is 32.5. The van der Waals surface area contributed by atoms with Gasteiger partial charge in [0.1, 0.15) is 0 Å². The molecule has 0 aliphatic heterocycles. The largest absolute Gasteiger partial charge is 0.270 e. The molecule has 88 valence electrons. The third-order valence-corrected chi connectivity index (χ3v) is 4.78. The maximum atomic E-state index is 4.50. The molecule has 0 aromatic carbocycles. The Morgan fingerprint density at radius 1 is 1.25 bits per heavy atom. The van der Waals surface area contributed by atoms with Crippen LogP contribution in [0.5, 0.6) is 0 Å². The Morgan fingerprint density at radius 3 is 2.69 bits per heavy atom. The number of aromatic nitrogens is 2. The molecular weight excluding hydrogens is 196 g/mol. The lowest BCUT2D eigenvalue weighted by Crippen LogP contribution is -2.07. The van der Waals surface area contributed by atoms with Crippen LogP contribution in [-0.2, 0) is 19.4 Å². The fourth-order valence-corrected chi connectivity index (χ4v) is 3.83. The molecule has 2 heteroatoms. The van der Waals surface area contributed by atoms with Crippen molar-refractivity contribution >= 4 is 0 Å². The lowest BCUT2D eigenvalue weighted by molar-refractivity contribution is 0.548. The molecule has 0 bridgehead atoms. The first kappa shape index (κ1) is 10.4. The predicted molar refractivity (Wildman–Crippen MR) is 65.3 cm³/mol. The summed E-state index contributed by atoms with van der Waals surface area (Å²) in [4.78, 5) is 0. The zero-order chi connectivity index (χ0) is 11.1. The molecule has 0 N–H and O–H groups in total. The summed E-state index contributed by atoms with van der Waals surface area (Å²) in [6.07, 6.45) is 8.86. The summed E-state index contributed by atoms with van der Waals surface area (Å²) < 4.78 is 2.21. The molecule has 3 atom stereocenters. The molecule has 1 heterocycles. The summed E-state index contributed by atoms with van der Waals surface area (Å²) >= 11 is 0. The second kappa shape index (κ2) is 3.90. The van der Waals surface area contributed by atoms with Gasteiger partial charge in [-0.3, -0.25) is 4.68 Å². The van der Waals surface area contributed by atoms with E-state index in [0.29, 0.717) is 0 Å². The zero-order valence-corrected chi connectivity index (χ0v) is 10.4. The van der Waals surface area contributed by atoms with Gasteiger partial charge in [0.25, 0.3) is 0 Å². The Bertz CT molecular complexity index is 380. The Labute approximate surface area is 98.0 Å². The third kappa shape index (κ3) is 1.50. The van der Waals surface area contributed by atoms with Crippen molar-refractivity contribution in [3.63, 3.8) is 0 Å². The summed E-state index contributed by atoms with van der Waals surface area (Å²) in [6, 6.07) is 0. The summed E-state index contributed by atoms with van der Waals surface area (Å²) in [7, 11) is 0. The Kier molecular flexibility index (Phi) is 2.53. The van der Waals surface area contributed by atoms with Crippen LogP contribution in [-0.4, -0.2) is 9.78 Å². The highest BCUT2D eigenvalue weighted by atomic mass is 15.3. The van der Waals surface area contributed by atoms with Crippen LogP contribution in [0.25, 0.3) is 0 Å². The van der Waals surface area contributed by atoms with Crippen LogP contribution in [0.3, 0.4) is 0 Å². The van der Waals surface area contributed by atoms with E-state index in [-0.39, 0.29) is 0 Å². The van der Waals surface area contributed by atoms with E-state index in [1.54, 1.807) is 0 Å². The molecule has 3 rings (SSSR count). The van der Waals surface area contributed by atoms with Gasteiger partial charge < -0.3 is 0 Å². The molecule has 16 heavy (non-hydrogen) atoms. The molecule has 2 nitrogen and oxygen atoms in total. The molecule has 1 fully saturated rings. The van der Waals surface area contributed by atoms with Crippen LogP contribution in [0, 0.1) is 17.8 Å². The second-order valence-corrected chi connectivity index (χ2v) is 5.41. The SMILES string of the molecule is CCC1C2CCc3cnn(CC)c3CCC12. The van der Waals surface area contributed by atoms with Gasteiger partial charge in [-0.25, -0.2) is 0 Å². The fraction of sp³-hybridized carbons (Fsp3) is 0.786. The molecule has 3 unspecified atom stereocenters. The minimum Gasteiger partial charge on any atom is -0.270 e. The second-order valence-electron chi connectivity index (χ2n) is 5.41. The van der Waals surface area contributed by atoms with Gasteiger partial charge in [0.15, 0.2) is 0 Å². The molecule has 1 aromatic heterocycles. The quantitative estimate of drug-likeness (QED) is 0.746. The van der Waals surface area contributed by atoms with Gasteiger partial charge in [-0.15, -0.1) is 0 Å². The smallest absolute Gasteiger partial charge is 0.0524 e. The highest BCUT2D eigenvalue weighted by molar-refractivity contribution is 5.21. The molecule has 0 radical (unpaired) electrons. The van der Waals surface area contributed by atoms with Crippen LogP contribution >= 0.6 is 0 Å². The lowest BCUT2D eigenvalue weighted by atomic mass is 9.99. The van der Waals surface area contributed by atoms with Crippen molar-refractivity contribution in [2.45, 2.75) is 52.5 Å². The molecule has 0 spiro atoms. The number of fused-ring (bicyclic) bond motifs is 2. The van der Waals surface area contributed by atoms with E-state index in [4.69, 9.17) is 0 Å². The topological polar surface area (TPSA) is 17.8 Å². The highest BCUT2D eigenvalue weighted by Crippen LogP contribution is 2.54. The molecule has 2 aliphatic carbocycles. The first-order valence-electron chi connectivity index (χ1n) is 6.88. The van der Waals surface area contributed by atoms with Gasteiger partial charge in [0.2, 0.25) is 0 Å². The van der Waals surface area contributed by atoms with E-state index in [9.17, 15) is 0 Å². The Morgan fingerprint density at radius 2 is 2.00 bits per heavy atom. The Balaban J connectivity index is 1.80. The average molecular weight is 218 g/mol. The van der Waals surface area contributed by atoms with Gasteiger partial charge in [-0.2, -0.15) is 5.10 Å². The van der Waals surface area contributed by atoms with Crippen LogP contribution in [0.4, 0.5) is 0 Å². The van der Waals surface area contributed by atoms with E-state index < -0.39 is 0 Å². The third-order valence-electron chi connectivity index (χ3n) is 4.78. The molecule has 1 saturated carbocycles. The maximum absolute atomic E-state index is 4.50. The van der Waals surface area contributed by atoms with Crippen molar-refractivity contribution in [3.05, 3.63) is 17.5 Å². The molecule has 1 aromatic rings. The summed E-state index contributed by atoms with van der Waals surface area (Å²) in [6.45, 7) is 5.58. The van der Waals surface area contributed by atoms with Crippen LogP contribution < -0.4 is 0 Å². The monoisotopic (exact) mass is 218 g/mol. The van der Waals surface area contributed by atoms with Crippen LogP contribution in [0.1, 0.15) is 44.4 Å². The molecule has 0 saturated heterocycles.